The molecule has 0 heterocycles. The van der Waals surface area contributed by atoms with Gasteiger partial charge in [-0.25, -0.2) is 4.39 Å². The van der Waals surface area contributed by atoms with Crippen LogP contribution in [-0.2, 0) is 4.79 Å². The Hall–Kier alpha value is -0.700. The second-order valence-electron chi connectivity index (χ2n) is 2.98. The number of hydrogen-bond donors (Lipinski definition) is 0. The van der Waals surface area contributed by atoms with E-state index in [2.05, 4.69) is 15.9 Å². The summed E-state index contributed by atoms with van der Waals surface area (Å²) in [5, 5.41) is 0. The molecule has 0 saturated carbocycles. The Labute approximate surface area is 85.1 Å². The lowest BCUT2D eigenvalue weighted by atomic mass is 9.99. The molecule has 1 rings (SSSR count). The molecule has 0 amide bonds. The SMILES string of the molecule is CC(CC=O)c1ccc(F)c(Br)c1. The molecular weight excluding hydrogens is 235 g/mol. The van der Waals surface area contributed by atoms with Crippen LogP contribution in [0.25, 0.3) is 0 Å². The number of hydrogen-bond acceptors (Lipinski definition) is 1. The van der Waals surface area contributed by atoms with E-state index in [9.17, 15) is 9.18 Å². The van der Waals surface area contributed by atoms with Crippen LogP contribution in [0.1, 0.15) is 24.8 Å². The van der Waals surface area contributed by atoms with Gasteiger partial charge in [0.1, 0.15) is 12.1 Å². The number of carbonyl (C=O) groups is 1. The van der Waals surface area contributed by atoms with Crippen LogP contribution < -0.4 is 0 Å². The fourth-order valence-electron chi connectivity index (χ4n) is 1.10. The van der Waals surface area contributed by atoms with Crippen molar-refractivity contribution in [3.8, 4) is 0 Å². The maximum absolute atomic E-state index is 12.8. The van der Waals surface area contributed by atoms with Crippen molar-refractivity contribution in [2.75, 3.05) is 0 Å². The van der Waals surface area contributed by atoms with Crippen LogP contribution in [-0.4, -0.2) is 6.29 Å². The first-order valence-electron chi connectivity index (χ1n) is 4.03. The third-order valence-corrected chi connectivity index (χ3v) is 2.57. The standard InChI is InChI=1S/C10H10BrFO/c1-7(4-5-13)8-2-3-10(12)9(11)6-8/h2-3,5-7H,4H2,1H3. The van der Waals surface area contributed by atoms with Gasteiger partial charge in [0.15, 0.2) is 0 Å². The Morgan fingerprint density at radius 3 is 2.85 bits per heavy atom. The molecule has 0 aliphatic heterocycles. The van der Waals surface area contributed by atoms with E-state index in [0.717, 1.165) is 11.8 Å². The van der Waals surface area contributed by atoms with Crippen molar-refractivity contribution >= 4 is 22.2 Å². The van der Waals surface area contributed by atoms with Crippen LogP contribution in [0.15, 0.2) is 22.7 Å². The molecule has 0 saturated heterocycles. The average Bonchev–Trinajstić information content (AvgIpc) is 2.10. The lowest BCUT2D eigenvalue weighted by Crippen LogP contribution is -1.94. The molecule has 70 valence electrons. The maximum atomic E-state index is 12.8. The zero-order valence-corrected chi connectivity index (χ0v) is 8.84. The second kappa shape index (κ2) is 4.51. The third-order valence-electron chi connectivity index (χ3n) is 1.96. The third kappa shape index (κ3) is 2.62. The van der Waals surface area contributed by atoms with E-state index in [1.165, 1.54) is 6.07 Å². The predicted molar refractivity (Wildman–Crippen MR) is 53.2 cm³/mol. The van der Waals surface area contributed by atoms with Gasteiger partial charge >= 0.3 is 0 Å². The van der Waals surface area contributed by atoms with Crippen LogP contribution in [0.5, 0.6) is 0 Å². The molecule has 1 unspecified atom stereocenters. The minimum Gasteiger partial charge on any atom is -0.303 e. The molecule has 1 nitrogen and oxygen atoms in total. The van der Waals surface area contributed by atoms with Crippen LogP contribution >= 0.6 is 15.9 Å². The Morgan fingerprint density at radius 1 is 1.62 bits per heavy atom. The van der Waals surface area contributed by atoms with E-state index in [1.807, 2.05) is 6.92 Å². The predicted octanol–water partition coefficient (Wildman–Crippen LogP) is 3.28. The summed E-state index contributed by atoms with van der Waals surface area (Å²) in [5.41, 5.74) is 0.973. The molecule has 3 heteroatoms. The molecule has 1 aromatic carbocycles. The zero-order chi connectivity index (χ0) is 9.84. The summed E-state index contributed by atoms with van der Waals surface area (Å²) in [4.78, 5) is 10.3. The Bertz CT molecular complexity index is 312. The minimum absolute atomic E-state index is 0.148. The molecule has 0 aromatic heterocycles. The van der Waals surface area contributed by atoms with Crippen LogP contribution in [0.4, 0.5) is 4.39 Å². The Kier molecular flexibility index (Phi) is 3.60. The fraction of sp³-hybridized carbons (Fsp3) is 0.300. The van der Waals surface area contributed by atoms with E-state index < -0.39 is 0 Å². The largest absolute Gasteiger partial charge is 0.303 e. The van der Waals surface area contributed by atoms with Gasteiger partial charge in [0, 0.05) is 6.42 Å². The van der Waals surface area contributed by atoms with Crippen LogP contribution in [0.2, 0.25) is 0 Å². The summed E-state index contributed by atoms with van der Waals surface area (Å²) in [6.45, 7) is 1.94. The van der Waals surface area contributed by atoms with Crippen LogP contribution in [0, 0.1) is 5.82 Å². The molecule has 1 atom stereocenters. The molecule has 0 bridgehead atoms. The maximum Gasteiger partial charge on any atom is 0.137 e. The quantitative estimate of drug-likeness (QED) is 0.747. The van der Waals surface area contributed by atoms with Gasteiger partial charge < -0.3 is 4.79 Å². The van der Waals surface area contributed by atoms with Crippen molar-refractivity contribution in [3.05, 3.63) is 34.1 Å². The van der Waals surface area contributed by atoms with Crippen molar-refractivity contribution < 1.29 is 9.18 Å². The number of rotatable bonds is 3. The molecule has 1 aromatic rings. The highest BCUT2D eigenvalue weighted by Gasteiger charge is 2.06. The van der Waals surface area contributed by atoms with Gasteiger partial charge in [-0.15, -0.1) is 0 Å². The summed E-state index contributed by atoms with van der Waals surface area (Å²) < 4.78 is 13.3. The summed E-state index contributed by atoms with van der Waals surface area (Å²) in [5.74, 6) is -0.128. The molecule has 0 radical (unpaired) electrons. The van der Waals surface area contributed by atoms with E-state index in [4.69, 9.17) is 0 Å². The van der Waals surface area contributed by atoms with Gasteiger partial charge in [-0.1, -0.05) is 13.0 Å². The van der Waals surface area contributed by atoms with Gasteiger partial charge in [0.05, 0.1) is 4.47 Å². The van der Waals surface area contributed by atoms with Gasteiger partial charge in [0.25, 0.3) is 0 Å². The number of halogens is 2. The Morgan fingerprint density at radius 2 is 2.31 bits per heavy atom. The van der Waals surface area contributed by atoms with E-state index >= 15 is 0 Å². The van der Waals surface area contributed by atoms with E-state index in [-0.39, 0.29) is 11.7 Å². The van der Waals surface area contributed by atoms with Crippen molar-refractivity contribution in [1.29, 1.82) is 0 Å². The van der Waals surface area contributed by atoms with Crippen LogP contribution in [0.3, 0.4) is 0 Å². The van der Waals surface area contributed by atoms with Gasteiger partial charge in [-0.2, -0.15) is 0 Å². The van der Waals surface area contributed by atoms with Crippen molar-refractivity contribution in [1.82, 2.24) is 0 Å². The summed E-state index contributed by atoms with van der Waals surface area (Å²) in [6, 6.07) is 4.82. The molecule has 0 fully saturated rings. The highest BCUT2D eigenvalue weighted by molar-refractivity contribution is 9.10. The number of aldehydes is 1. The molecule has 0 spiro atoms. The molecule has 13 heavy (non-hydrogen) atoms. The summed E-state index contributed by atoms with van der Waals surface area (Å²) in [6.07, 6.45) is 1.35. The molecular formula is C10H10BrFO. The first kappa shape index (κ1) is 10.4. The summed E-state index contributed by atoms with van der Waals surface area (Å²) >= 11 is 3.10. The monoisotopic (exact) mass is 244 g/mol. The van der Waals surface area contributed by atoms with Crippen molar-refractivity contribution in [2.45, 2.75) is 19.3 Å². The smallest absolute Gasteiger partial charge is 0.137 e. The molecule has 0 aliphatic rings. The van der Waals surface area contributed by atoms with Gasteiger partial charge in [-0.05, 0) is 39.5 Å². The topological polar surface area (TPSA) is 17.1 Å². The zero-order valence-electron chi connectivity index (χ0n) is 7.26. The second-order valence-corrected chi connectivity index (χ2v) is 3.83. The summed E-state index contributed by atoms with van der Waals surface area (Å²) in [7, 11) is 0. The fourth-order valence-corrected chi connectivity index (χ4v) is 1.50. The number of carbonyl (C=O) groups excluding carboxylic acids is 1. The average molecular weight is 245 g/mol. The lowest BCUT2D eigenvalue weighted by Gasteiger charge is -2.08. The van der Waals surface area contributed by atoms with E-state index in [1.54, 1.807) is 12.1 Å². The van der Waals surface area contributed by atoms with Crippen molar-refractivity contribution in [2.24, 2.45) is 0 Å². The van der Waals surface area contributed by atoms with Gasteiger partial charge in [0.2, 0.25) is 0 Å². The number of benzene rings is 1. The minimum atomic E-state index is -0.276. The first-order chi connectivity index (χ1) is 6.15. The normalized spacial score (nSPS) is 12.5. The molecule has 0 N–H and O–H groups in total. The Balaban J connectivity index is 2.89. The molecule has 0 aliphatic carbocycles. The highest BCUT2D eigenvalue weighted by atomic mass is 79.9. The van der Waals surface area contributed by atoms with Gasteiger partial charge in [-0.3, -0.25) is 0 Å². The lowest BCUT2D eigenvalue weighted by molar-refractivity contribution is -0.108. The first-order valence-corrected chi connectivity index (χ1v) is 4.83. The highest BCUT2D eigenvalue weighted by Crippen LogP contribution is 2.23. The van der Waals surface area contributed by atoms with Crippen molar-refractivity contribution in [3.63, 3.8) is 0 Å². The van der Waals surface area contributed by atoms with E-state index in [0.29, 0.717) is 10.9 Å².